The number of pyridine rings is 2. The normalized spacial score (nSPS) is 12.0. The molecule has 0 aliphatic heterocycles. The van der Waals surface area contributed by atoms with Gasteiger partial charge in [-0.1, -0.05) is 77.9 Å². The van der Waals surface area contributed by atoms with Crippen molar-refractivity contribution in [2.45, 2.75) is 52.4 Å². The third kappa shape index (κ3) is 6.74. The average molecular weight is 696 g/mol. The van der Waals surface area contributed by atoms with Crippen molar-refractivity contribution in [2.75, 3.05) is 0 Å². The second-order valence-corrected chi connectivity index (χ2v) is 15.3. The first-order valence-corrected chi connectivity index (χ1v) is 17.9. The number of hydrogen-bond donors (Lipinski definition) is 0. The van der Waals surface area contributed by atoms with Crippen molar-refractivity contribution in [1.29, 1.82) is 0 Å². The SMILES string of the molecule is CC(C)(C)c1cc2c3cc(C(C)(C)C)c(Oc4cccc(-c5ccccn5)c4)cc3n(-c3ncccn3)c2cc1Oc1cccc(-c2ccccn2)c1. The minimum absolute atomic E-state index is 0.228. The van der Waals surface area contributed by atoms with Crippen molar-refractivity contribution >= 4 is 21.8 Å². The van der Waals surface area contributed by atoms with Crippen molar-refractivity contribution in [1.82, 2.24) is 24.5 Å². The van der Waals surface area contributed by atoms with Crippen LogP contribution in [0.15, 0.2) is 140 Å². The molecule has 0 bridgehead atoms. The Morgan fingerprint density at radius 2 is 0.906 bits per heavy atom. The van der Waals surface area contributed by atoms with Gasteiger partial charge in [0.25, 0.3) is 0 Å². The summed E-state index contributed by atoms with van der Waals surface area (Å²) in [5.41, 5.74) is 7.35. The van der Waals surface area contributed by atoms with Crippen LogP contribution in [0.2, 0.25) is 0 Å². The van der Waals surface area contributed by atoms with E-state index in [9.17, 15) is 0 Å². The summed E-state index contributed by atoms with van der Waals surface area (Å²) in [5, 5.41) is 2.17. The van der Waals surface area contributed by atoms with Crippen molar-refractivity contribution in [3.63, 3.8) is 0 Å². The molecule has 0 saturated heterocycles. The molecule has 262 valence electrons. The molecule has 0 saturated carbocycles. The van der Waals surface area contributed by atoms with Crippen LogP contribution in [0.5, 0.6) is 23.0 Å². The maximum Gasteiger partial charge on any atom is 0.234 e. The second kappa shape index (κ2) is 13.3. The zero-order chi connectivity index (χ0) is 36.7. The first-order valence-electron chi connectivity index (χ1n) is 17.9. The van der Waals surface area contributed by atoms with E-state index in [-0.39, 0.29) is 10.8 Å². The van der Waals surface area contributed by atoms with Crippen LogP contribution in [0.4, 0.5) is 0 Å². The zero-order valence-electron chi connectivity index (χ0n) is 30.8. The lowest BCUT2D eigenvalue weighted by Crippen LogP contribution is -2.13. The van der Waals surface area contributed by atoms with E-state index in [2.05, 4.69) is 92.5 Å². The molecule has 4 aromatic heterocycles. The lowest BCUT2D eigenvalue weighted by Gasteiger charge is -2.24. The highest BCUT2D eigenvalue weighted by molar-refractivity contribution is 6.10. The van der Waals surface area contributed by atoms with Gasteiger partial charge >= 0.3 is 0 Å². The van der Waals surface area contributed by atoms with Crippen LogP contribution in [-0.4, -0.2) is 24.5 Å². The van der Waals surface area contributed by atoms with Gasteiger partial charge in [0.05, 0.1) is 22.4 Å². The molecule has 4 heterocycles. The summed E-state index contributed by atoms with van der Waals surface area (Å²) in [4.78, 5) is 18.6. The van der Waals surface area contributed by atoms with E-state index in [0.29, 0.717) is 5.95 Å². The van der Waals surface area contributed by atoms with E-state index in [1.165, 1.54) is 0 Å². The summed E-state index contributed by atoms with van der Waals surface area (Å²) in [6.45, 7) is 13.3. The van der Waals surface area contributed by atoms with Crippen LogP contribution in [0.25, 0.3) is 50.3 Å². The predicted octanol–water partition coefficient (Wildman–Crippen LogP) is 11.9. The Morgan fingerprint density at radius 3 is 1.32 bits per heavy atom. The Labute approximate surface area is 310 Å². The Hall–Kier alpha value is -6.34. The molecule has 0 spiro atoms. The summed E-state index contributed by atoms with van der Waals surface area (Å²) < 4.78 is 15.7. The van der Waals surface area contributed by atoms with Crippen LogP contribution in [0, 0.1) is 0 Å². The van der Waals surface area contributed by atoms with Gasteiger partial charge < -0.3 is 9.47 Å². The molecule has 8 rings (SSSR count). The van der Waals surface area contributed by atoms with Gasteiger partial charge in [-0.2, -0.15) is 0 Å². The van der Waals surface area contributed by atoms with Crippen LogP contribution in [0.3, 0.4) is 0 Å². The summed E-state index contributed by atoms with van der Waals surface area (Å²) in [6.07, 6.45) is 7.15. The molecule has 0 aliphatic rings. The first kappa shape index (κ1) is 33.8. The molecule has 53 heavy (non-hydrogen) atoms. The number of fused-ring (bicyclic) bond motifs is 3. The highest BCUT2D eigenvalue weighted by atomic mass is 16.5. The standard InChI is InChI=1S/C46H41N5O2/c1-45(2,3)36-26-34-35-27-37(46(4,5)6)43(53-33-17-12-15-31(25-33)39-19-8-10-21-48-39)29-41(35)51(44-49-22-13-23-50-44)40(34)28-42(36)52-32-16-11-14-30(24-32)38-18-7-9-20-47-38/h7-29H,1-6H3. The number of nitrogens with zero attached hydrogens (tertiary/aromatic N) is 5. The van der Waals surface area contributed by atoms with E-state index in [1.54, 1.807) is 24.8 Å². The Morgan fingerprint density at radius 1 is 0.453 bits per heavy atom. The highest BCUT2D eigenvalue weighted by Gasteiger charge is 2.27. The van der Waals surface area contributed by atoms with Gasteiger partial charge in [0.1, 0.15) is 23.0 Å². The fraction of sp³-hybridized carbons (Fsp3) is 0.174. The van der Waals surface area contributed by atoms with Crippen molar-refractivity contribution in [3.05, 3.63) is 151 Å². The van der Waals surface area contributed by atoms with E-state index < -0.39 is 0 Å². The molecule has 0 radical (unpaired) electrons. The largest absolute Gasteiger partial charge is 0.457 e. The number of ether oxygens (including phenoxy) is 2. The molecule has 4 aromatic carbocycles. The number of rotatable bonds is 7. The molecule has 0 atom stereocenters. The first-order chi connectivity index (χ1) is 25.5. The molecular formula is C46H41N5O2. The number of benzene rings is 4. The monoisotopic (exact) mass is 695 g/mol. The van der Waals surface area contributed by atoms with Crippen LogP contribution in [-0.2, 0) is 10.8 Å². The van der Waals surface area contributed by atoms with E-state index in [1.807, 2.05) is 78.9 Å². The molecule has 0 fully saturated rings. The van der Waals surface area contributed by atoms with Gasteiger partial charge in [0, 0.05) is 69.9 Å². The molecule has 0 aliphatic carbocycles. The molecule has 7 nitrogen and oxygen atoms in total. The van der Waals surface area contributed by atoms with E-state index in [4.69, 9.17) is 19.4 Å². The molecule has 0 amide bonds. The third-order valence-electron chi connectivity index (χ3n) is 9.38. The van der Waals surface area contributed by atoms with Gasteiger partial charge in [-0.3, -0.25) is 14.5 Å². The van der Waals surface area contributed by atoms with Crippen molar-refractivity contribution < 1.29 is 9.47 Å². The third-order valence-corrected chi connectivity index (χ3v) is 9.38. The van der Waals surface area contributed by atoms with Crippen molar-refractivity contribution in [3.8, 4) is 51.5 Å². The molecule has 0 N–H and O–H groups in total. The minimum atomic E-state index is -0.228. The minimum Gasteiger partial charge on any atom is -0.457 e. The summed E-state index contributed by atoms with van der Waals surface area (Å²) in [6, 6.07) is 38.7. The Kier molecular flexibility index (Phi) is 8.50. The lowest BCUT2D eigenvalue weighted by atomic mass is 9.84. The molecule has 0 unspecified atom stereocenters. The average Bonchev–Trinajstić information content (AvgIpc) is 3.47. The predicted molar refractivity (Wildman–Crippen MR) is 213 cm³/mol. The fourth-order valence-electron chi connectivity index (χ4n) is 6.79. The molecule has 8 aromatic rings. The van der Waals surface area contributed by atoms with Gasteiger partial charge in [-0.15, -0.1) is 0 Å². The summed E-state index contributed by atoms with van der Waals surface area (Å²) >= 11 is 0. The van der Waals surface area contributed by atoms with E-state index >= 15 is 0 Å². The zero-order valence-corrected chi connectivity index (χ0v) is 30.8. The van der Waals surface area contributed by atoms with Crippen LogP contribution >= 0.6 is 0 Å². The lowest BCUT2D eigenvalue weighted by molar-refractivity contribution is 0.456. The maximum absolute atomic E-state index is 6.81. The van der Waals surface area contributed by atoms with Crippen molar-refractivity contribution in [2.24, 2.45) is 0 Å². The topological polar surface area (TPSA) is 75.0 Å². The number of hydrogen-bond acceptors (Lipinski definition) is 6. The van der Waals surface area contributed by atoms with Gasteiger partial charge in [-0.25, -0.2) is 9.97 Å². The van der Waals surface area contributed by atoms with E-state index in [0.717, 1.165) is 78.4 Å². The Balaban J connectivity index is 1.33. The maximum atomic E-state index is 6.81. The van der Waals surface area contributed by atoms with Gasteiger partial charge in [0.15, 0.2) is 0 Å². The molecule has 7 heteroatoms. The van der Waals surface area contributed by atoms with Gasteiger partial charge in [0.2, 0.25) is 5.95 Å². The van der Waals surface area contributed by atoms with Crippen LogP contribution in [0.1, 0.15) is 52.7 Å². The summed E-state index contributed by atoms with van der Waals surface area (Å²) in [7, 11) is 0. The Bertz CT molecular complexity index is 2410. The highest BCUT2D eigenvalue weighted by Crippen LogP contribution is 2.45. The number of aromatic nitrogens is 5. The van der Waals surface area contributed by atoms with Gasteiger partial charge in [-0.05, 0) is 77.6 Å². The smallest absolute Gasteiger partial charge is 0.234 e. The quantitative estimate of drug-likeness (QED) is 0.165. The fourth-order valence-corrected chi connectivity index (χ4v) is 6.79. The summed E-state index contributed by atoms with van der Waals surface area (Å²) in [5.74, 6) is 3.56. The van der Waals surface area contributed by atoms with Crippen LogP contribution < -0.4 is 9.47 Å². The molecular weight excluding hydrogens is 655 g/mol. The second-order valence-electron chi connectivity index (χ2n) is 15.3.